The van der Waals surface area contributed by atoms with Crippen LogP contribution in [-0.4, -0.2) is 24.2 Å². The number of thiazole rings is 1. The number of rotatable bonds is 5. The lowest BCUT2D eigenvalue weighted by Gasteiger charge is -2.22. The van der Waals surface area contributed by atoms with Crippen LogP contribution in [0.25, 0.3) is 0 Å². The van der Waals surface area contributed by atoms with E-state index in [0.29, 0.717) is 12.1 Å². The maximum Gasteiger partial charge on any atom is 0.112 e. The number of nitrogens with zero attached hydrogens (tertiary/aromatic N) is 1. The largest absolute Gasteiger partial charge is 0.376 e. The number of hydrogen-bond acceptors (Lipinski definition) is 4. The second-order valence-electron chi connectivity index (χ2n) is 4.31. The van der Waals surface area contributed by atoms with E-state index >= 15 is 0 Å². The lowest BCUT2D eigenvalue weighted by atomic mass is 10.1. The lowest BCUT2D eigenvalue weighted by molar-refractivity contribution is 0.0782. The van der Waals surface area contributed by atoms with Crippen LogP contribution in [0.2, 0.25) is 0 Å². The Balaban J connectivity index is 2.06. The summed E-state index contributed by atoms with van der Waals surface area (Å²) in [6, 6.07) is 0.293. The fraction of sp³-hybridized carbons (Fsp3) is 0.750. The first-order chi connectivity index (χ1) is 7.81. The molecular weight excluding hydrogens is 220 g/mol. The fourth-order valence-electron chi connectivity index (χ4n) is 2.06. The monoisotopic (exact) mass is 240 g/mol. The maximum atomic E-state index is 5.78. The molecule has 2 heterocycles. The van der Waals surface area contributed by atoms with E-state index in [9.17, 15) is 0 Å². The Bertz CT molecular complexity index is 321. The van der Waals surface area contributed by atoms with Gasteiger partial charge in [-0.3, -0.25) is 0 Å². The van der Waals surface area contributed by atoms with Crippen LogP contribution >= 0.6 is 11.3 Å². The van der Waals surface area contributed by atoms with Crippen molar-refractivity contribution in [2.45, 2.75) is 45.3 Å². The fourth-order valence-corrected chi connectivity index (χ4v) is 2.98. The number of hydrogen-bond donors (Lipinski definition) is 1. The molecule has 2 rings (SSSR count). The maximum absolute atomic E-state index is 5.78. The van der Waals surface area contributed by atoms with Crippen LogP contribution in [-0.2, 0) is 4.74 Å². The van der Waals surface area contributed by atoms with Crippen molar-refractivity contribution in [3.63, 3.8) is 0 Å². The van der Waals surface area contributed by atoms with E-state index < -0.39 is 0 Å². The van der Waals surface area contributed by atoms with Gasteiger partial charge in [-0.25, -0.2) is 4.98 Å². The van der Waals surface area contributed by atoms with Crippen LogP contribution in [0.1, 0.15) is 42.9 Å². The molecule has 1 saturated heterocycles. The van der Waals surface area contributed by atoms with Crippen LogP contribution in [0.15, 0.2) is 5.38 Å². The molecule has 1 N–H and O–H groups in total. The summed E-state index contributed by atoms with van der Waals surface area (Å²) in [6.07, 6.45) is 3.80. The van der Waals surface area contributed by atoms with E-state index in [4.69, 9.17) is 4.74 Å². The van der Waals surface area contributed by atoms with Crippen molar-refractivity contribution in [3.8, 4) is 0 Å². The highest BCUT2D eigenvalue weighted by atomic mass is 32.1. The van der Waals surface area contributed by atoms with Gasteiger partial charge in [-0.15, -0.1) is 11.3 Å². The molecule has 0 aliphatic carbocycles. The van der Waals surface area contributed by atoms with E-state index in [0.717, 1.165) is 31.7 Å². The average molecular weight is 240 g/mol. The predicted molar refractivity (Wildman–Crippen MR) is 66.9 cm³/mol. The molecule has 1 aliphatic heterocycles. The first kappa shape index (κ1) is 12.0. The third kappa shape index (κ3) is 2.81. The molecule has 2 atom stereocenters. The molecule has 90 valence electrons. The molecular formula is C12H20N2OS. The van der Waals surface area contributed by atoms with Crippen molar-refractivity contribution in [1.82, 2.24) is 10.3 Å². The summed E-state index contributed by atoms with van der Waals surface area (Å²) in [5.74, 6) is 0. The Labute approximate surface area is 101 Å². The molecule has 2 unspecified atom stereocenters. The Morgan fingerprint density at radius 2 is 2.56 bits per heavy atom. The van der Waals surface area contributed by atoms with Crippen LogP contribution < -0.4 is 5.32 Å². The van der Waals surface area contributed by atoms with Crippen molar-refractivity contribution in [2.75, 3.05) is 13.2 Å². The number of aromatic nitrogens is 1. The SMILES string of the molecule is CCCNC(c1nc(C)cs1)C1CCCO1. The third-order valence-corrected chi connectivity index (χ3v) is 3.90. The van der Waals surface area contributed by atoms with Crippen molar-refractivity contribution in [3.05, 3.63) is 16.1 Å². The Morgan fingerprint density at radius 1 is 1.69 bits per heavy atom. The summed E-state index contributed by atoms with van der Waals surface area (Å²) in [5, 5.41) is 6.86. The first-order valence-corrected chi connectivity index (χ1v) is 6.96. The Hall–Kier alpha value is -0.450. The molecule has 1 aromatic heterocycles. The highest BCUT2D eigenvalue weighted by molar-refractivity contribution is 7.09. The van der Waals surface area contributed by atoms with Gasteiger partial charge in [-0.1, -0.05) is 6.92 Å². The minimum Gasteiger partial charge on any atom is -0.376 e. The Morgan fingerprint density at radius 3 is 3.12 bits per heavy atom. The van der Waals surface area contributed by atoms with E-state index in [1.807, 2.05) is 6.92 Å². The van der Waals surface area contributed by atoms with E-state index in [1.54, 1.807) is 11.3 Å². The van der Waals surface area contributed by atoms with Crippen molar-refractivity contribution in [1.29, 1.82) is 0 Å². The van der Waals surface area contributed by atoms with Gasteiger partial charge in [0.25, 0.3) is 0 Å². The van der Waals surface area contributed by atoms with Gasteiger partial charge in [-0.2, -0.15) is 0 Å². The van der Waals surface area contributed by atoms with Crippen LogP contribution in [0, 0.1) is 6.92 Å². The summed E-state index contributed by atoms with van der Waals surface area (Å²) in [5.41, 5.74) is 1.11. The number of aryl methyl sites for hydroxylation is 1. The molecule has 1 fully saturated rings. The molecule has 16 heavy (non-hydrogen) atoms. The molecule has 0 bridgehead atoms. The van der Waals surface area contributed by atoms with Crippen molar-refractivity contribution in [2.24, 2.45) is 0 Å². The molecule has 0 radical (unpaired) electrons. The van der Waals surface area contributed by atoms with Gasteiger partial charge in [0, 0.05) is 17.7 Å². The van der Waals surface area contributed by atoms with Gasteiger partial charge in [0.05, 0.1) is 12.1 Å². The van der Waals surface area contributed by atoms with Crippen LogP contribution in [0.4, 0.5) is 0 Å². The first-order valence-electron chi connectivity index (χ1n) is 6.08. The normalized spacial score (nSPS) is 22.5. The van der Waals surface area contributed by atoms with Gasteiger partial charge in [-0.05, 0) is 32.7 Å². The predicted octanol–water partition coefficient (Wildman–Crippen LogP) is 2.67. The smallest absolute Gasteiger partial charge is 0.112 e. The van der Waals surface area contributed by atoms with Gasteiger partial charge in [0.15, 0.2) is 0 Å². The molecule has 0 spiro atoms. The standard InChI is InChI=1S/C12H20N2OS/c1-3-6-13-11(10-5-4-7-15-10)12-14-9(2)8-16-12/h8,10-11,13H,3-7H2,1-2H3. The summed E-state index contributed by atoms with van der Waals surface area (Å²) >= 11 is 1.74. The molecule has 0 saturated carbocycles. The third-order valence-electron chi connectivity index (χ3n) is 2.85. The molecule has 1 aromatic rings. The number of nitrogens with one attached hydrogen (secondary N) is 1. The van der Waals surface area contributed by atoms with Gasteiger partial charge < -0.3 is 10.1 Å². The molecule has 0 amide bonds. The topological polar surface area (TPSA) is 34.2 Å². The highest BCUT2D eigenvalue weighted by Gasteiger charge is 2.28. The summed E-state index contributed by atoms with van der Waals surface area (Å²) in [6.45, 7) is 6.17. The molecule has 3 nitrogen and oxygen atoms in total. The average Bonchev–Trinajstić information content (AvgIpc) is 2.91. The minimum absolute atomic E-state index is 0.293. The highest BCUT2D eigenvalue weighted by Crippen LogP contribution is 2.28. The van der Waals surface area contributed by atoms with Crippen LogP contribution in [0.3, 0.4) is 0 Å². The van der Waals surface area contributed by atoms with E-state index in [1.165, 1.54) is 11.4 Å². The van der Waals surface area contributed by atoms with Gasteiger partial charge in [0.2, 0.25) is 0 Å². The zero-order chi connectivity index (χ0) is 11.4. The van der Waals surface area contributed by atoms with E-state index in [-0.39, 0.29) is 0 Å². The van der Waals surface area contributed by atoms with Gasteiger partial charge >= 0.3 is 0 Å². The molecule has 0 aromatic carbocycles. The summed E-state index contributed by atoms with van der Waals surface area (Å²) in [4.78, 5) is 4.58. The van der Waals surface area contributed by atoms with Crippen molar-refractivity contribution < 1.29 is 4.74 Å². The minimum atomic E-state index is 0.293. The van der Waals surface area contributed by atoms with Crippen molar-refractivity contribution >= 4 is 11.3 Å². The quantitative estimate of drug-likeness (QED) is 0.859. The second-order valence-corrected chi connectivity index (χ2v) is 5.20. The summed E-state index contributed by atoms with van der Waals surface area (Å²) in [7, 11) is 0. The second kappa shape index (κ2) is 5.75. The zero-order valence-electron chi connectivity index (χ0n) is 10.0. The van der Waals surface area contributed by atoms with E-state index in [2.05, 4.69) is 22.6 Å². The number of ether oxygens (including phenoxy) is 1. The molecule has 4 heteroatoms. The summed E-state index contributed by atoms with van der Waals surface area (Å²) < 4.78 is 5.78. The lowest BCUT2D eigenvalue weighted by Crippen LogP contribution is -2.32. The van der Waals surface area contributed by atoms with Crippen LogP contribution in [0.5, 0.6) is 0 Å². The Kier molecular flexibility index (Phi) is 4.32. The molecule has 1 aliphatic rings. The zero-order valence-corrected chi connectivity index (χ0v) is 10.8. The van der Waals surface area contributed by atoms with Gasteiger partial charge in [0.1, 0.15) is 5.01 Å².